The predicted octanol–water partition coefficient (Wildman–Crippen LogP) is 5.35. The first-order valence-corrected chi connectivity index (χ1v) is 11.7. The van der Waals surface area contributed by atoms with Crippen LogP contribution in [0, 0.1) is 7.43 Å². The molecule has 1 aromatic rings. The minimum atomic E-state index is -1.77. The Bertz CT molecular complexity index is 338. The molecule has 1 heterocycles. The van der Waals surface area contributed by atoms with Crippen molar-refractivity contribution in [2.75, 3.05) is 0 Å². The van der Waals surface area contributed by atoms with E-state index in [2.05, 4.69) is 9.98 Å². The number of halogens is 3. The molecule has 0 saturated heterocycles. The Hall–Kier alpha value is 0.274. The van der Waals surface area contributed by atoms with Crippen LogP contribution < -0.4 is 0 Å². The molecule has 0 bridgehead atoms. The van der Waals surface area contributed by atoms with Crippen molar-refractivity contribution >= 4 is 35.8 Å². The van der Waals surface area contributed by atoms with E-state index in [1.165, 1.54) is 32.1 Å². The molecule has 108 valence electrons. The first-order valence-electron chi connectivity index (χ1n) is 5.90. The Morgan fingerprint density at radius 3 is 2.32 bits per heavy atom. The number of rotatable bonds is 2. The number of aliphatic imine (C=N–C) groups is 1. The van der Waals surface area contributed by atoms with Crippen LogP contribution in [0.25, 0.3) is 0 Å². The van der Waals surface area contributed by atoms with E-state index in [-0.39, 0.29) is 7.43 Å². The molecule has 0 unspecified atom stereocenters. The summed E-state index contributed by atoms with van der Waals surface area (Å²) in [6, 6.07) is 6.46. The molecule has 2 rings (SSSR count). The summed E-state index contributed by atoms with van der Waals surface area (Å²) in [6.45, 7) is 0. The summed E-state index contributed by atoms with van der Waals surface area (Å²) >= 11 is -1.77. The quantitative estimate of drug-likeness (QED) is 0.515. The molecule has 0 aromatic carbocycles. The summed E-state index contributed by atoms with van der Waals surface area (Å²) in [6.07, 6.45) is 10.3. The number of nitrogens with zero attached hydrogens (tertiary/aromatic N) is 2. The molecule has 0 radical (unpaired) electrons. The van der Waals surface area contributed by atoms with E-state index in [1.807, 2.05) is 30.6 Å². The Kier molecular flexibility index (Phi) is 12.2. The van der Waals surface area contributed by atoms with Crippen LogP contribution in [0.1, 0.15) is 37.8 Å². The van der Waals surface area contributed by atoms with E-state index in [0.717, 1.165) is 5.69 Å². The van der Waals surface area contributed by atoms with Gasteiger partial charge in [0.05, 0.1) is 11.7 Å². The van der Waals surface area contributed by atoms with Crippen molar-refractivity contribution in [1.82, 2.24) is 4.98 Å². The van der Waals surface area contributed by atoms with Crippen LogP contribution in [-0.4, -0.2) is 17.2 Å². The van der Waals surface area contributed by atoms with Gasteiger partial charge in [-0.05, 0) is 25.0 Å². The fourth-order valence-electron chi connectivity index (χ4n) is 1.86. The van der Waals surface area contributed by atoms with Gasteiger partial charge in [-0.25, -0.2) is 0 Å². The molecule has 1 fully saturated rings. The van der Waals surface area contributed by atoms with Gasteiger partial charge in [0.25, 0.3) is 0 Å². The summed E-state index contributed by atoms with van der Waals surface area (Å²) in [5.41, 5.74) is 0.970. The van der Waals surface area contributed by atoms with Crippen LogP contribution in [0.15, 0.2) is 29.4 Å². The molecule has 1 aliphatic rings. The van der Waals surface area contributed by atoms with Gasteiger partial charge >= 0.3 is 41.8 Å². The zero-order valence-electron chi connectivity index (χ0n) is 11.0. The topological polar surface area (TPSA) is 25.2 Å². The average Bonchev–Trinajstić information content (AvgIpc) is 2.38. The van der Waals surface area contributed by atoms with Crippen LogP contribution in [0.4, 0.5) is 0 Å². The van der Waals surface area contributed by atoms with Crippen LogP contribution in [0.2, 0.25) is 0 Å². The number of hydrogen-bond donors (Lipinski definition) is 0. The number of aromatic nitrogens is 1. The summed E-state index contributed by atoms with van der Waals surface area (Å²) in [4.78, 5) is 8.78. The monoisotopic (exact) mass is 359 g/mol. The van der Waals surface area contributed by atoms with E-state index in [1.54, 1.807) is 0 Å². The maximum atomic E-state index is 4.95. The Morgan fingerprint density at radius 2 is 1.79 bits per heavy atom. The molecular formula is C13H19Cl3N2V-. The van der Waals surface area contributed by atoms with Gasteiger partial charge in [0.2, 0.25) is 0 Å². The fourth-order valence-corrected chi connectivity index (χ4v) is 1.86. The van der Waals surface area contributed by atoms with Crippen LogP contribution >= 0.6 is 29.5 Å². The number of pyridine rings is 1. The minimum absolute atomic E-state index is 0. The van der Waals surface area contributed by atoms with Crippen molar-refractivity contribution in [3.8, 4) is 0 Å². The summed E-state index contributed by atoms with van der Waals surface area (Å²) in [5.74, 6) is 0. The Balaban J connectivity index is 0.000000576. The predicted molar refractivity (Wildman–Crippen MR) is 82.7 cm³/mol. The summed E-state index contributed by atoms with van der Waals surface area (Å²) in [7, 11) is 14.9. The Labute approximate surface area is 133 Å². The van der Waals surface area contributed by atoms with Crippen molar-refractivity contribution in [1.29, 1.82) is 0 Å². The molecule has 19 heavy (non-hydrogen) atoms. The van der Waals surface area contributed by atoms with Crippen LogP contribution in [0.3, 0.4) is 0 Å². The van der Waals surface area contributed by atoms with Gasteiger partial charge in [-0.3, -0.25) is 9.98 Å². The van der Waals surface area contributed by atoms with Crippen molar-refractivity contribution in [2.45, 2.75) is 38.1 Å². The molecule has 2 nitrogen and oxygen atoms in total. The van der Waals surface area contributed by atoms with Gasteiger partial charge in [0, 0.05) is 12.4 Å². The van der Waals surface area contributed by atoms with Gasteiger partial charge < -0.3 is 7.43 Å². The molecule has 0 atom stereocenters. The normalized spacial score (nSPS) is 15.8. The molecule has 1 aromatic heterocycles. The van der Waals surface area contributed by atoms with Gasteiger partial charge in [0.1, 0.15) is 0 Å². The van der Waals surface area contributed by atoms with E-state index in [0.29, 0.717) is 6.04 Å². The van der Waals surface area contributed by atoms with Crippen molar-refractivity contribution in [3.05, 3.63) is 37.5 Å². The van der Waals surface area contributed by atoms with Gasteiger partial charge in [-0.1, -0.05) is 25.3 Å². The molecule has 6 heteroatoms. The molecule has 0 amide bonds. The van der Waals surface area contributed by atoms with Gasteiger partial charge in [0.15, 0.2) is 0 Å². The molecule has 0 N–H and O–H groups in total. The third-order valence-corrected chi connectivity index (χ3v) is 2.68. The zero-order valence-corrected chi connectivity index (χ0v) is 14.6. The van der Waals surface area contributed by atoms with Gasteiger partial charge in [-0.15, -0.1) is 0 Å². The fraction of sp³-hybridized carbons (Fsp3) is 0.462. The molecule has 1 aliphatic carbocycles. The Morgan fingerprint density at radius 1 is 1.16 bits per heavy atom. The first kappa shape index (κ1) is 19.3. The first-order chi connectivity index (χ1) is 8.68. The molecule has 1 saturated carbocycles. The SMILES string of the molecule is C(=NC1CCCCC1)c1ccccn1.[CH3-].[Cl][V]([Cl])[Cl]. The van der Waals surface area contributed by atoms with E-state index in [9.17, 15) is 0 Å². The third-order valence-electron chi connectivity index (χ3n) is 2.68. The number of hydrogen-bond acceptors (Lipinski definition) is 2. The maximum absolute atomic E-state index is 4.95. The van der Waals surface area contributed by atoms with Crippen molar-refractivity contribution in [2.24, 2.45) is 4.99 Å². The average molecular weight is 361 g/mol. The molecule has 0 aliphatic heterocycles. The van der Waals surface area contributed by atoms with Crippen LogP contribution in [-0.2, 0) is 12.3 Å². The van der Waals surface area contributed by atoms with Crippen LogP contribution in [0.5, 0.6) is 0 Å². The van der Waals surface area contributed by atoms with E-state index < -0.39 is 12.3 Å². The van der Waals surface area contributed by atoms with Crippen molar-refractivity contribution in [3.63, 3.8) is 0 Å². The second-order valence-electron chi connectivity index (χ2n) is 4.02. The van der Waals surface area contributed by atoms with E-state index in [4.69, 9.17) is 29.5 Å². The summed E-state index contributed by atoms with van der Waals surface area (Å²) < 4.78 is 0. The second-order valence-corrected chi connectivity index (χ2v) is 10.9. The summed E-state index contributed by atoms with van der Waals surface area (Å²) in [5, 5.41) is 0. The van der Waals surface area contributed by atoms with Gasteiger partial charge in [-0.2, -0.15) is 0 Å². The van der Waals surface area contributed by atoms with Crippen molar-refractivity contribution < 1.29 is 12.3 Å². The third kappa shape index (κ3) is 10.7. The molecular weight excluding hydrogens is 341 g/mol. The second kappa shape index (κ2) is 12.0. The van der Waals surface area contributed by atoms with E-state index >= 15 is 0 Å². The standard InChI is InChI=1S/C12H16N2.CH3.3ClH.V/c1-2-6-11(7-3-1)14-10-12-8-4-5-9-13-12;;;;;/h4-5,8-11H,1-3,6-7H2;1H3;3*1H;/q;-1;;;;+3/p-3. The molecule has 0 spiro atoms. The zero-order chi connectivity index (χ0) is 13.2.